The quantitative estimate of drug-likeness (QED) is 0.342. The summed E-state index contributed by atoms with van der Waals surface area (Å²) in [6, 6.07) is 8.50. The topological polar surface area (TPSA) is 125 Å². The molecule has 1 aromatic carbocycles. The number of carbonyl (C=O) groups is 2. The van der Waals surface area contributed by atoms with Crippen molar-refractivity contribution in [2.24, 2.45) is 7.05 Å². The maximum atomic E-state index is 12.6. The second-order valence-electron chi connectivity index (χ2n) is 11.5. The highest BCUT2D eigenvalue weighted by molar-refractivity contribution is 5.91. The maximum absolute atomic E-state index is 12.6. The zero-order valence-electron chi connectivity index (χ0n) is 23.2. The first-order chi connectivity index (χ1) is 18.6. The standard InChI is InChI=1S/C28H37N7O4/c1-28(2,3)39-27(37)32-30-19-10-6-8-17(12-19)18-9-7-11-20(13-18)35-25(23(15-29-35)26(36)38-5)22-14-21(22)24-16-34(4)33-31-24/h7,9,11,13,15-17,19,21-22,30H,6,8,10,12,14H2,1-5H3,(H,32,37)/t17-,19-,21?,22?/m0/s1. The van der Waals surface area contributed by atoms with Gasteiger partial charge in [0.25, 0.3) is 0 Å². The van der Waals surface area contributed by atoms with Gasteiger partial charge in [0.2, 0.25) is 0 Å². The van der Waals surface area contributed by atoms with E-state index in [4.69, 9.17) is 9.47 Å². The molecule has 0 saturated heterocycles. The van der Waals surface area contributed by atoms with Crippen molar-refractivity contribution in [3.05, 3.63) is 59.2 Å². The summed E-state index contributed by atoms with van der Waals surface area (Å²) in [7, 11) is 3.24. The fourth-order valence-electron chi connectivity index (χ4n) is 5.55. The number of benzene rings is 1. The number of hydrazine groups is 1. The van der Waals surface area contributed by atoms with Crippen LogP contribution in [0.5, 0.6) is 0 Å². The number of aryl methyl sites for hydroxylation is 1. The Kier molecular flexibility index (Phi) is 7.44. The number of hydrogen-bond donors (Lipinski definition) is 2. The molecule has 0 bridgehead atoms. The second kappa shape index (κ2) is 10.8. The third kappa shape index (κ3) is 6.13. The molecule has 1 amide bonds. The molecule has 39 heavy (non-hydrogen) atoms. The molecule has 2 aromatic heterocycles. The Morgan fingerprint density at radius 2 is 1.95 bits per heavy atom. The van der Waals surface area contributed by atoms with Crippen LogP contribution in [0.2, 0.25) is 0 Å². The number of hydrogen-bond acceptors (Lipinski definition) is 8. The third-order valence-electron chi connectivity index (χ3n) is 7.39. The zero-order valence-corrected chi connectivity index (χ0v) is 23.2. The van der Waals surface area contributed by atoms with Crippen LogP contribution in [0.15, 0.2) is 36.7 Å². The van der Waals surface area contributed by atoms with E-state index in [2.05, 4.69) is 38.4 Å². The predicted octanol–water partition coefficient (Wildman–Crippen LogP) is 4.11. The summed E-state index contributed by atoms with van der Waals surface area (Å²) in [6.45, 7) is 5.53. The van der Waals surface area contributed by atoms with Crippen LogP contribution in [-0.4, -0.2) is 55.6 Å². The first-order valence-corrected chi connectivity index (χ1v) is 13.5. The average molecular weight is 536 g/mol. The van der Waals surface area contributed by atoms with Gasteiger partial charge < -0.3 is 9.47 Å². The minimum atomic E-state index is -0.546. The number of nitrogens with zero attached hydrogens (tertiary/aromatic N) is 5. The van der Waals surface area contributed by atoms with E-state index in [1.807, 2.05) is 50.8 Å². The highest BCUT2D eigenvalue weighted by Crippen LogP contribution is 2.55. The van der Waals surface area contributed by atoms with Gasteiger partial charge in [-0.05, 0) is 70.1 Å². The lowest BCUT2D eigenvalue weighted by atomic mass is 9.81. The molecule has 0 radical (unpaired) electrons. The third-order valence-corrected chi connectivity index (χ3v) is 7.39. The van der Waals surface area contributed by atoms with Gasteiger partial charge in [0, 0.05) is 31.1 Å². The Labute approximate surface area is 228 Å². The van der Waals surface area contributed by atoms with Gasteiger partial charge in [0.1, 0.15) is 11.2 Å². The molecule has 0 aliphatic heterocycles. The average Bonchev–Trinajstić information content (AvgIpc) is 3.36. The molecule has 2 aliphatic rings. The maximum Gasteiger partial charge on any atom is 0.422 e. The molecular formula is C28H37N7O4. The van der Waals surface area contributed by atoms with Crippen LogP contribution < -0.4 is 10.9 Å². The molecule has 4 atom stereocenters. The highest BCUT2D eigenvalue weighted by Gasteiger charge is 2.46. The summed E-state index contributed by atoms with van der Waals surface area (Å²) >= 11 is 0. The summed E-state index contributed by atoms with van der Waals surface area (Å²) in [5.41, 5.74) is 9.68. The van der Waals surface area contributed by atoms with Crippen LogP contribution in [0.3, 0.4) is 0 Å². The molecule has 11 heteroatoms. The van der Waals surface area contributed by atoms with Crippen LogP contribution in [0.25, 0.3) is 5.69 Å². The van der Waals surface area contributed by atoms with Crippen molar-refractivity contribution >= 4 is 12.1 Å². The summed E-state index contributed by atoms with van der Waals surface area (Å²) in [5.74, 6) is 0.215. The Hall–Kier alpha value is -3.73. The SMILES string of the molecule is COC(=O)c1cnn(-c2cccc([C@H]3CCC[C@H](NNC(=O)OC(C)(C)C)C3)c2)c1C1CC1c1cn(C)nn1. The van der Waals surface area contributed by atoms with Gasteiger partial charge in [-0.2, -0.15) is 5.10 Å². The van der Waals surface area contributed by atoms with Crippen molar-refractivity contribution in [2.75, 3.05) is 7.11 Å². The Morgan fingerprint density at radius 1 is 1.13 bits per heavy atom. The molecule has 11 nitrogen and oxygen atoms in total. The van der Waals surface area contributed by atoms with Crippen molar-refractivity contribution < 1.29 is 19.1 Å². The first kappa shape index (κ1) is 26.9. The zero-order chi connectivity index (χ0) is 27.7. The largest absolute Gasteiger partial charge is 0.465 e. The Morgan fingerprint density at radius 3 is 2.67 bits per heavy atom. The molecule has 2 saturated carbocycles. The molecule has 2 N–H and O–H groups in total. The number of aromatic nitrogens is 5. The van der Waals surface area contributed by atoms with Gasteiger partial charge in [0.15, 0.2) is 0 Å². The number of esters is 1. The van der Waals surface area contributed by atoms with Gasteiger partial charge in [-0.3, -0.25) is 10.1 Å². The monoisotopic (exact) mass is 535 g/mol. The van der Waals surface area contributed by atoms with Crippen LogP contribution in [0, 0.1) is 0 Å². The molecule has 2 aliphatic carbocycles. The van der Waals surface area contributed by atoms with Crippen LogP contribution in [0.4, 0.5) is 4.79 Å². The van der Waals surface area contributed by atoms with Gasteiger partial charge >= 0.3 is 12.1 Å². The molecule has 3 aromatic rings. The number of carbonyl (C=O) groups excluding carboxylic acids is 2. The van der Waals surface area contributed by atoms with Gasteiger partial charge in [-0.1, -0.05) is 23.8 Å². The lowest BCUT2D eigenvalue weighted by molar-refractivity contribution is 0.0480. The van der Waals surface area contributed by atoms with Crippen molar-refractivity contribution in [3.63, 3.8) is 0 Å². The van der Waals surface area contributed by atoms with E-state index in [-0.39, 0.29) is 17.9 Å². The van der Waals surface area contributed by atoms with Gasteiger partial charge in [-0.15, -0.1) is 5.10 Å². The van der Waals surface area contributed by atoms with Crippen LogP contribution >= 0.6 is 0 Å². The van der Waals surface area contributed by atoms with Crippen molar-refractivity contribution in [1.82, 2.24) is 35.6 Å². The first-order valence-electron chi connectivity index (χ1n) is 13.5. The fraction of sp³-hybridized carbons (Fsp3) is 0.536. The van der Waals surface area contributed by atoms with Crippen molar-refractivity contribution in [3.8, 4) is 5.69 Å². The predicted molar refractivity (Wildman–Crippen MR) is 144 cm³/mol. The minimum Gasteiger partial charge on any atom is -0.465 e. The molecule has 5 rings (SSSR count). The number of rotatable bonds is 7. The van der Waals surface area contributed by atoms with E-state index in [0.29, 0.717) is 11.5 Å². The summed E-state index contributed by atoms with van der Waals surface area (Å²) < 4.78 is 14.0. The summed E-state index contributed by atoms with van der Waals surface area (Å²) in [6.07, 6.45) is 7.89. The molecular weight excluding hydrogens is 498 g/mol. The lowest BCUT2D eigenvalue weighted by Gasteiger charge is -2.30. The number of ether oxygens (including phenoxy) is 2. The van der Waals surface area contributed by atoms with Crippen LogP contribution in [-0.2, 0) is 16.5 Å². The molecule has 2 unspecified atom stereocenters. The van der Waals surface area contributed by atoms with Gasteiger partial charge in [0.05, 0.1) is 30.4 Å². The van der Waals surface area contributed by atoms with E-state index in [1.54, 1.807) is 10.9 Å². The Bertz CT molecular complexity index is 1340. The van der Waals surface area contributed by atoms with E-state index in [0.717, 1.165) is 49.2 Å². The van der Waals surface area contributed by atoms with E-state index in [1.165, 1.54) is 12.7 Å². The molecule has 2 fully saturated rings. The van der Waals surface area contributed by atoms with E-state index >= 15 is 0 Å². The minimum absolute atomic E-state index is 0.101. The number of nitrogens with one attached hydrogen (secondary N) is 2. The number of methoxy groups -OCH3 is 1. The highest BCUT2D eigenvalue weighted by atomic mass is 16.6. The van der Waals surface area contributed by atoms with Crippen molar-refractivity contribution in [2.45, 2.75) is 82.3 Å². The molecule has 208 valence electrons. The summed E-state index contributed by atoms with van der Waals surface area (Å²) in [5, 5.41) is 13.0. The lowest BCUT2D eigenvalue weighted by Crippen LogP contribution is -2.47. The van der Waals surface area contributed by atoms with Gasteiger partial charge in [-0.25, -0.2) is 19.7 Å². The van der Waals surface area contributed by atoms with Crippen LogP contribution in [0.1, 0.15) is 97.9 Å². The normalized spacial score (nSPS) is 22.8. The fourth-order valence-corrected chi connectivity index (χ4v) is 5.55. The molecule has 2 heterocycles. The second-order valence-corrected chi connectivity index (χ2v) is 11.5. The number of amides is 1. The Balaban J connectivity index is 1.34. The van der Waals surface area contributed by atoms with E-state index < -0.39 is 17.7 Å². The van der Waals surface area contributed by atoms with E-state index in [9.17, 15) is 9.59 Å². The smallest absolute Gasteiger partial charge is 0.422 e. The van der Waals surface area contributed by atoms with Crippen molar-refractivity contribution in [1.29, 1.82) is 0 Å². The summed E-state index contributed by atoms with van der Waals surface area (Å²) in [4.78, 5) is 24.7. The molecule has 0 spiro atoms.